The van der Waals surface area contributed by atoms with Crippen molar-refractivity contribution < 1.29 is 4.79 Å². The summed E-state index contributed by atoms with van der Waals surface area (Å²) in [5, 5.41) is 6.10. The zero-order valence-electron chi connectivity index (χ0n) is 14.6. The van der Waals surface area contributed by atoms with Gasteiger partial charge < -0.3 is 15.5 Å². The molecule has 6 nitrogen and oxygen atoms in total. The van der Waals surface area contributed by atoms with Crippen molar-refractivity contribution >= 4 is 17.4 Å². The molecular weight excluding hydrogens is 314 g/mol. The molecule has 1 unspecified atom stereocenters. The third kappa shape index (κ3) is 5.00. The van der Waals surface area contributed by atoms with Crippen LogP contribution >= 0.6 is 0 Å². The van der Waals surface area contributed by atoms with E-state index in [1.165, 1.54) is 19.3 Å². The first kappa shape index (κ1) is 17.4. The second-order valence-corrected chi connectivity index (χ2v) is 6.38. The molecule has 2 aromatic heterocycles. The molecule has 1 saturated heterocycles. The predicted molar refractivity (Wildman–Crippen MR) is 99.6 cm³/mol. The van der Waals surface area contributed by atoms with E-state index in [0.717, 1.165) is 30.2 Å². The molecule has 1 aliphatic rings. The molecule has 1 fully saturated rings. The first-order chi connectivity index (χ1) is 12.2. The largest absolute Gasteiger partial charge is 0.357 e. The molecule has 0 bridgehead atoms. The minimum absolute atomic E-state index is 0.0755. The molecule has 132 valence electrons. The molecule has 2 N–H and O–H groups in total. The summed E-state index contributed by atoms with van der Waals surface area (Å²) in [5.74, 6) is 0.913. The van der Waals surface area contributed by atoms with Gasteiger partial charge in [-0.2, -0.15) is 0 Å². The Labute approximate surface area is 148 Å². The van der Waals surface area contributed by atoms with Gasteiger partial charge in [-0.3, -0.25) is 9.78 Å². The van der Waals surface area contributed by atoms with E-state index in [0.29, 0.717) is 0 Å². The van der Waals surface area contributed by atoms with Crippen LogP contribution in [-0.2, 0) is 4.79 Å². The van der Waals surface area contributed by atoms with Crippen LogP contribution < -0.4 is 15.5 Å². The quantitative estimate of drug-likeness (QED) is 0.847. The Balaban J connectivity index is 1.47. The summed E-state index contributed by atoms with van der Waals surface area (Å²) in [5.41, 5.74) is 1.83. The van der Waals surface area contributed by atoms with Crippen LogP contribution in [0.3, 0.4) is 0 Å². The van der Waals surface area contributed by atoms with Gasteiger partial charge in [0, 0.05) is 31.5 Å². The fourth-order valence-corrected chi connectivity index (χ4v) is 2.99. The number of rotatable bonds is 6. The van der Waals surface area contributed by atoms with Gasteiger partial charge in [0.25, 0.3) is 0 Å². The Morgan fingerprint density at radius 3 is 2.60 bits per heavy atom. The number of anilines is 2. The standard InChI is InChI=1S/C19H25N5O/c1-15(16-7-9-20-10-8-16)21-14-19(25)23-17-5-6-18(22-13-17)24-11-3-2-4-12-24/h5-10,13,15,21H,2-4,11-12,14H2,1H3,(H,23,25). The molecule has 0 spiro atoms. The molecule has 6 heteroatoms. The number of carbonyl (C=O) groups is 1. The summed E-state index contributed by atoms with van der Waals surface area (Å²) in [6, 6.07) is 7.88. The number of amides is 1. The summed E-state index contributed by atoms with van der Waals surface area (Å²) in [7, 11) is 0. The average Bonchev–Trinajstić information content (AvgIpc) is 2.68. The van der Waals surface area contributed by atoms with Crippen LogP contribution in [0.25, 0.3) is 0 Å². The topological polar surface area (TPSA) is 70.2 Å². The number of carbonyl (C=O) groups excluding carboxylic acids is 1. The molecule has 1 atom stereocenters. The Morgan fingerprint density at radius 2 is 1.92 bits per heavy atom. The van der Waals surface area contributed by atoms with E-state index in [2.05, 4.69) is 25.5 Å². The molecule has 1 amide bonds. The molecular formula is C19H25N5O. The van der Waals surface area contributed by atoms with Crippen molar-refractivity contribution in [2.75, 3.05) is 29.9 Å². The van der Waals surface area contributed by atoms with Gasteiger partial charge in [-0.15, -0.1) is 0 Å². The third-order valence-electron chi connectivity index (χ3n) is 4.49. The maximum atomic E-state index is 12.1. The number of piperidine rings is 1. The van der Waals surface area contributed by atoms with Crippen LogP contribution in [0.2, 0.25) is 0 Å². The molecule has 3 heterocycles. The van der Waals surface area contributed by atoms with E-state index < -0.39 is 0 Å². The summed E-state index contributed by atoms with van der Waals surface area (Å²) in [4.78, 5) is 22.9. The summed E-state index contributed by atoms with van der Waals surface area (Å²) >= 11 is 0. The molecule has 3 rings (SSSR count). The van der Waals surface area contributed by atoms with Crippen molar-refractivity contribution in [2.24, 2.45) is 0 Å². The lowest BCUT2D eigenvalue weighted by atomic mass is 10.1. The van der Waals surface area contributed by atoms with Crippen molar-refractivity contribution in [3.63, 3.8) is 0 Å². The zero-order valence-corrected chi connectivity index (χ0v) is 14.6. The minimum atomic E-state index is -0.0755. The second-order valence-electron chi connectivity index (χ2n) is 6.38. The Kier molecular flexibility index (Phi) is 5.95. The maximum Gasteiger partial charge on any atom is 0.238 e. The van der Waals surface area contributed by atoms with E-state index >= 15 is 0 Å². The monoisotopic (exact) mass is 339 g/mol. The molecule has 1 aliphatic heterocycles. The third-order valence-corrected chi connectivity index (χ3v) is 4.49. The van der Waals surface area contributed by atoms with E-state index in [1.54, 1.807) is 18.6 Å². The predicted octanol–water partition coefficient (Wildman–Crippen LogP) is 2.76. The lowest BCUT2D eigenvalue weighted by Gasteiger charge is -2.27. The molecule has 2 aromatic rings. The Morgan fingerprint density at radius 1 is 1.16 bits per heavy atom. The summed E-state index contributed by atoms with van der Waals surface area (Å²) in [6.07, 6.45) is 8.99. The highest BCUT2D eigenvalue weighted by molar-refractivity contribution is 5.92. The first-order valence-corrected chi connectivity index (χ1v) is 8.86. The highest BCUT2D eigenvalue weighted by Crippen LogP contribution is 2.19. The van der Waals surface area contributed by atoms with Gasteiger partial charge in [0.15, 0.2) is 0 Å². The SMILES string of the molecule is CC(NCC(=O)Nc1ccc(N2CCCCC2)nc1)c1ccncc1. The fraction of sp³-hybridized carbons (Fsp3) is 0.421. The molecule has 0 aromatic carbocycles. The summed E-state index contributed by atoms with van der Waals surface area (Å²) < 4.78 is 0. The van der Waals surface area contributed by atoms with Crippen LogP contribution in [0, 0.1) is 0 Å². The zero-order chi connectivity index (χ0) is 17.5. The molecule has 0 saturated carbocycles. The van der Waals surface area contributed by atoms with E-state index in [-0.39, 0.29) is 18.5 Å². The number of hydrogen-bond donors (Lipinski definition) is 2. The first-order valence-electron chi connectivity index (χ1n) is 8.86. The van der Waals surface area contributed by atoms with Crippen LogP contribution in [0.5, 0.6) is 0 Å². The second kappa shape index (κ2) is 8.58. The lowest BCUT2D eigenvalue weighted by molar-refractivity contribution is -0.115. The highest BCUT2D eigenvalue weighted by atomic mass is 16.1. The smallest absolute Gasteiger partial charge is 0.238 e. The van der Waals surface area contributed by atoms with Gasteiger partial charge in [0.1, 0.15) is 5.82 Å². The van der Waals surface area contributed by atoms with Crippen LogP contribution in [0.15, 0.2) is 42.9 Å². The van der Waals surface area contributed by atoms with Crippen LogP contribution in [-0.4, -0.2) is 35.5 Å². The van der Waals surface area contributed by atoms with Gasteiger partial charge in [-0.05, 0) is 56.0 Å². The van der Waals surface area contributed by atoms with Crippen LogP contribution in [0.4, 0.5) is 11.5 Å². The van der Waals surface area contributed by atoms with Crippen molar-refractivity contribution in [3.05, 3.63) is 48.4 Å². The van der Waals surface area contributed by atoms with Gasteiger partial charge in [0.05, 0.1) is 18.4 Å². The van der Waals surface area contributed by atoms with Gasteiger partial charge >= 0.3 is 0 Å². The summed E-state index contributed by atoms with van der Waals surface area (Å²) in [6.45, 7) is 4.40. The van der Waals surface area contributed by atoms with E-state index in [9.17, 15) is 4.79 Å². The van der Waals surface area contributed by atoms with Gasteiger partial charge in [-0.1, -0.05) is 0 Å². The fourth-order valence-electron chi connectivity index (χ4n) is 2.99. The van der Waals surface area contributed by atoms with Crippen molar-refractivity contribution in [2.45, 2.75) is 32.2 Å². The number of hydrogen-bond acceptors (Lipinski definition) is 5. The Bertz CT molecular complexity index is 668. The lowest BCUT2D eigenvalue weighted by Crippen LogP contribution is -2.31. The molecule has 0 aliphatic carbocycles. The van der Waals surface area contributed by atoms with Crippen molar-refractivity contribution in [3.8, 4) is 0 Å². The highest BCUT2D eigenvalue weighted by Gasteiger charge is 2.12. The maximum absolute atomic E-state index is 12.1. The van der Waals surface area contributed by atoms with Gasteiger partial charge in [0.2, 0.25) is 5.91 Å². The van der Waals surface area contributed by atoms with Crippen LogP contribution in [0.1, 0.15) is 37.8 Å². The van der Waals surface area contributed by atoms with Crippen molar-refractivity contribution in [1.29, 1.82) is 0 Å². The minimum Gasteiger partial charge on any atom is -0.357 e. The normalized spacial score (nSPS) is 15.6. The van der Waals surface area contributed by atoms with E-state index in [4.69, 9.17) is 0 Å². The Hall–Kier alpha value is -2.47. The molecule has 25 heavy (non-hydrogen) atoms. The number of nitrogens with one attached hydrogen (secondary N) is 2. The van der Waals surface area contributed by atoms with Crippen molar-refractivity contribution in [1.82, 2.24) is 15.3 Å². The number of pyridine rings is 2. The van der Waals surface area contributed by atoms with E-state index in [1.807, 2.05) is 31.2 Å². The van der Waals surface area contributed by atoms with Gasteiger partial charge in [-0.25, -0.2) is 4.98 Å². The number of nitrogens with zero attached hydrogens (tertiary/aromatic N) is 3. The number of aromatic nitrogens is 2. The average molecular weight is 339 g/mol. The molecule has 0 radical (unpaired) electrons.